The number of carbonyl (C=O) groups is 1. The van der Waals surface area contributed by atoms with E-state index in [9.17, 15) is 14.9 Å². The van der Waals surface area contributed by atoms with E-state index in [1.54, 1.807) is 36.4 Å². The lowest BCUT2D eigenvalue weighted by molar-refractivity contribution is -0.384. The summed E-state index contributed by atoms with van der Waals surface area (Å²) in [6, 6.07) is 14.1. The van der Waals surface area contributed by atoms with E-state index in [2.05, 4.69) is 10.5 Å². The average molecular weight is 434 g/mol. The number of furan rings is 1. The standard InChI is InChI=1S/C19H13Cl2N3O5/c20-15-3-1-2-4-18(15)28-11-19(25)23-22-10-13-6-8-17(29-13)14-7-5-12(24(26)27)9-16(14)21/h1-10H,11H2,(H,23,25). The number of carbonyl (C=O) groups excluding carboxylic acids is 1. The molecule has 0 aliphatic carbocycles. The molecule has 1 amide bonds. The van der Waals surface area contributed by atoms with E-state index in [0.29, 0.717) is 27.9 Å². The fourth-order valence-corrected chi connectivity index (χ4v) is 2.75. The molecule has 0 fully saturated rings. The van der Waals surface area contributed by atoms with Gasteiger partial charge in [0.15, 0.2) is 6.61 Å². The van der Waals surface area contributed by atoms with Gasteiger partial charge in [0.2, 0.25) is 0 Å². The summed E-state index contributed by atoms with van der Waals surface area (Å²) in [6.45, 7) is -0.261. The Morgan fingerprint density at radius 1 is 1.17 bits per heavy atom. The molecule has 0 aliphatic rings. The first kappa shape index (κ1) is 20.4. The SMILES string of the molecule is O=C(COc1ccccc1Cl)NN=Cc1ccc(-c2ccc([N+](=O)[O-])cc2Cl)o1. The third kappa shape index (κ3) is 5.34. The minimum atomic E-state index is -0.534. The van der Waals surface area contributed by atoms with Gasteiger partial charge in [-0.05, 0) is 30.3 Å². The second kappa shape index (κ2) is 9.22. The number of hydrogen-bond donors (Lipinski definition) is 1. The van der Waals surface area contributed by atoms with Crippen molar-refractivity contribution in [3.8, 4) is 17.1 Å². The summed E-state index contributed by atoms with van der Waals surface area (Å²) in [6.07, 6.45) is 1.30. The molecule has 3 aromatic rings. The molecule has 0 aliphatic heterocycles. The van der Waals surface area contributed by atoms with Crippen molar-refractivity contribution in [2.75, 3.05) is 6.61 Å². The quantitative estimate of drug-likeness (QED) is 0.330. The summed E-state index contributed by atoms with van der Waals surface area (Å²) in [5.41, 5.74) is 2.68. The van der Waals surface area contributed by atoms with Crippen molar-refractivity contribution >= 4 is 41.0 Å². The van der Waals surface area contributed by atoms with Crippen LogP contribution in [0.3, 0.4) is 0 Å². The van der Waals surface area contributed by atoms with E-state index in [1.165, 1.54) is 24.4 Å². The van der Waals surface area contributed by atoms with Crippen molar-refractivity contribution in [1.29, 1.82) is 0 Å². The van der Waals surface area contributed by atoms with Crippen molar-refractivity contribution in [2.45, 2.75) is 0 Å². The van der Waals surface area contributed by atoms with Crippen LogP contribution in [-0.4, -0.2) is 23.7 Å². The maximum absolute atomic E-state index is 11.8. The van der Waals surface area contributed by atoms with E-state index >= 15 is 0 Å². The van der Waals surface area contributed by atoms with E-state index in [4.69, 9.17) is 32.4 Å². The van der Waals surface area contributed by atoms with Crippen molar-refractivity contribution < 1.29 is 18.9 Å². The first-order chi connectivity index (χ1) is 13.9. The smallest absolute Gasteiger partial charge is 0.277 e. The molecule has 0 atom stereocenters. The Labute approximate surface area is 174 Å². The number of nitro groups is 1. The molecule has 0 spiro atoms. The predicted molar refractivity (Wildman–Crippen MR) is 108 cm³/mol. The van der Waals surface area contributed by atoms with E-state index in [1.807, 2.05) is 0 Å². The molecular formula is C19H13Cl2N3O5. The topological polar surface area (TPSA) is 107 Å². The van der Waals surface area contributed by atoms with E-state index < -0.39 is 10.8 Å². The molecule has 0 radical (unpaired) electrons. The third-order valence-electron chi connectivity index (χ3n) is 3.63. The molecule has 1 N–H and O–H groups in total. The second-order valence-corrected chi connectivity index (χ2v) is 6.45. The molecule has 0 saturated carbocycles. The first-order valence-electron chi connectivity index (χ1n) is 8.17. The first-order valence-corrected chi connectivity index (χ1v) is 8.93. The van der Waals surface area contributed by atoms with Gasteiger partial charge in [-0.3, -0.25) is 14.9 Å². The predicted octanol–water partition coefficient (Wildman–Crippen LogP) is 4.69. The maximum atomic E-state index is 11.8. The summed E-state index contributed by atoms with van der Waals surface area (Å²) in [5.74, 6) is 0.664. The lowest BCUT2D eigenvalue weighted by Crippen LogP contribution is -2.24. The molecule has 1 heterocycles. The van der Waals surface area contributed by atoms with Gasteiger partial charge in [-0.2, -0.15) is 5.10 Å². The molecule has 1 aromatic heterocycles. The van der Waals surface area contributed by atoms with E-state index in [-0.39, 0.29) is 17.3 Å². The number of benzene rings is 2. The Balaban J connectivity index is 1.57. The normalized spacial score (nSPS) is 10.8. The molecule has 2 aromatic carbocycles. The van der Waals surface area contributed by atoms with Crippen molar-refractivity contribution in [2.24, 2.45) is 5.10 Å². The van der Waals surface area contributed by atoms with Crippen LogP contribution in [0.4, 0.5) is 5.69 Å². The van der Waals surface area contributed by atoms with Crippen LogP contribution >= 0.6 is 23.2 Å². The van der Waals surface area contributed by atoms with Crippen LogP contribution < -0.4 is 10.2 Å². The maximum Gasteiger partial charge on any atom is 0.277 e. The van der Waals surface area contributed by atoms with Crippen molar-refractivity contribution in [1.82, 2.24) is 5.43 Å². The Bertz CT molecular complexity index is 1080. The molecule has 8 nitrogen and oxygen atoms in total. The summed E-state index contributed by atoms with van der Waals surface area (Å²) < 4.78 is 10.9. The molecule has 0 bridgehead atoms. The van der Waals surface area contributed by atoms with Gasteiger partial charge in [0.25, 0.3) is 11.6 Å². The number of hydrazone groups is 1. The number of amides is 1. The zero-order valence-electron chi connectivity index (χ0n) is 14.7. The zero-order chi connectivity index (χ0) is 20.8. The summed E-state index contributed by atoms with van der Waals surface area (Å²) in [4.78, 5) is 22.0. The number of non-ortho nitro benzene ring substituents is 1. The van der Waals surface area contributed by atoms with Crippen LogP contribution in [0.5, 0.6) is 5.75 Å². The fourth-order valence-electron chi connectivity index (χ4n) is 2.29. The molecule has 0 saturated heterocycles. The molecule has 29 heavy (non-hydrogen) atoms. The van der Waals surface area contributed by atoms with Gasteiger partial charge in [-0.25, -0.2) is 5.43 Å². The van der Waals surface area contributed by atoms with Crippen LogP contribution in [0, 0.1) is 10.1 Å². The van der Waals surface area contributed by atoms with Gasteiger partial charge >= 0.3 is 0 Å². The number of hydrogen-bond acceptors (Lipinski definition) is 6. The monoisotopic (exact) mass is 433 g/mol. The Kier molecular flexibility index (Phi) is 6.48. The summed E-state index contributed by atoms with van der Waals surface area (Å²) in [7, 11) is 0. The lowest BCUT2D eigenvalue weighted by Gasteiger charge is -2.06. The Hall–Kier alpha value is -3.36. The number of rotatable bonds is 7. The van der Waals surface area contributed by atoms with Gasteiger partial charge < -0.3 is 9.15 Å². The highest BCUT2D eigenvalue weighted by Gasteiger charge is 2.13. The van der Waals surface area contributed by atoms with Gasteiger partial charge in [0.05, 0.1) is 21.2 Å². The van der Waals surface area contributed by atoms with Crippen LogP contribution in [0.15, 0.2) is 64.1 Å². The fraction of sp³-hybridized carbons (Fsp3) is 0.0526. The number of nitro benzene ring substituents is 1. The molecule has 10 heteroatoms. The molecule has 148 valence electrons. The largest absolute Gasteiger partial charge is 0.482 e. The number of para-hydroxylation sites is 1. The van der Waals surface area contributed by atoms with Crippen LogP contribution in [0.2, 0.25) is 10.0 Å². The lowest BCUT2D eigenvalue weighted by atomic mass is 10.1. The van der Waals surface area contributed by atoms with Gasteiger partial charge in [0, 0.05) is 17.7 Å². The van der Waals surface area contributed by atoms with Gasteiger partial charge in [-0.15, -0.1) is 0 Å². The second-order valence-electron chi connectivity index (χ2n) is 5.64. The zero-order valence-corrected chi connectivity index (χ0v) is 16.2. The molecule has 3 rings (SSSR count). The summed E-state index contributed by atoms with van der Waals surface area (Å²) in [5, 5.41) is 15.1. The van der Waals surface area contributed by atoms with Crippen molar-refractivity contribution in [3.05, 3.63) is 80.5 Å². The summed E-state index contributed by atoms with van der Waals surface area (Å²) >= 11 is 12.0. The van der Waals surface area contributed by atoms with Crippen LogP contribution in [0.1, 0.15) is 5.76 Å². The number of ether oxygens (including phenoxy) is 1. The highest BCUT2D eigenvalue weighted by atomic mass is 35.5. The van der Waals surface area contributed by atoms with Crippen LogP contribution in [-0.2, 0) is 4.79 Å². The average Bonchev–Trinajstić information content (AvgIpc) is 3.15. The Morgan fingerprint density at radius 3 is 2.69 bits per heavy atom. The Morgan fingerprint density at radius 2 is 1.97 bits per heavy atom. The molecule has 0 unspecified atom stereocenters. The highest BCUT2D eigenvalue weighted by molar-refractivity contribution is 6.33. The van der Waals surface area contributed by atoms with Crippen molar-refractivity contribution in [3.63, 3.8) is 0 Å². The van der Waals surface area contributed by atoms with Gasteiger partial charge in [0.1, 0.15) is 17.3 Å². The third-order valence-corrected chi connectivity index (χ3v) is 4.26. The minimum Gasteiger partial charge on any atom is -0.482 e. The highest BCUT2D eigenvalue weighted by Crippen LogP contribution is 2.32. The molecular weight excluding hydrogens is 421 g/mol. The number of nitrogens with zero attached hydrogens (tertiary/aromatic N) is 2. The van der Waals surface area contributed by atoms with Crippen LogP contribution in [0.25, 0.3) is 11.3 Å². The minimum absolute atomic E-state index is 0.117. The number of nitrogens with one attached hydrogen (secondary N) is 1. The van der Waals surface area contributed by atoms with Gasteiger partial charge in [-0.1, -0.05) is 35.3 Å². The number of halogens is 2. The van der Waals surface area contributed by atoms with E-state index in [0.717, 1.165) is 0 Å².